The van der Waals surface area contributed by atoms with Gasteiger partial charge in [-0.2, -0.15) is 11.8 Å². The summed E-state index contributed by atoms with van der Waals surface area (Å²) in [6.07, 6.45) is 0. The van der Waals surface area contributed by atoms with E-state index in [2.05, 4.69) is 16.0 Å². The maximum atomic E-state index is 11.9. The Kier molecular flexibility index (Phi) is 9.74. The van der Waals surface area contributed by atoms with Gasteiger partial charge in [-0.3, -0.25) is 14.4 Å². The first-order chi connectivity index (χ1) is 10.6. The van der Waals surface area contributed by atoms with E-state index in [1.807, 2.05) is 13.8 Å². The Morgan fingerprint density at radius 2 is 1.74 bits per heavy atom. The van der Waals surface area contributed by atoms with E-state index in [0.29, 0.717) is 0 Å². The number of amides is 3. The van der Waals surface area contributed by atoms with Gasteiger partial charge in [0.1, 0.15) is 18.6 Å². The van der Waals surface area contributed by atoms with Crippen LogP contribution in [0.4, 0.5) is 4.79 Å². The number of rotatable bonds is 10. The van der Waals surface area contributed by atoms with Gasteiger partial charge in [-0.25, -0.2) is 4.79 Å². The van der Waals surface area contributed by atoms with Crippen molar-refractivity contribution in [2.45, 2.75) is 31.2 Å². The number of urea groups is 1. The van der Waals surface area contributed by atoms with Crippen molar-refractivity contribution in [1.82, 2.24) is 16.0 Å². The van der Waals surface area contributed by atoms with Gasteiger partial charge in [-0.05, 0) is 5.25 Å². The molecule has 10 nitrogen and oxygen atoms in total. The van der Waals surface area contributed by atoms with Crippen LogP contribution in [-0.4, -0.2) is 70.3 Å². The van der Waals surface area contributed by atoms with Crippen LogP contribution in [0.5, 0.6) is 0 Å². The van der Waals surface area contributed by atoms with Crippen molar-refractivity contribution in [3.8, 4) is 0 Å². The van der Waals surface area contributed by atoms with E-state index in [1.165, 1.54) is 11.8 Å². The summed E-state index contributed by atoms with van der Waals surface area (Å²) in [6, 6.07) is -2.98. The minimum atomic E-state index is -1.27. The average Bonchev–Trinajstić information content (AvgIpc) is 2.45. The molecule has 0 aromatic carbocycles. The van der Waals surface area contributed by atoms with Crippen molar-refractivity contribution in [2.75, 3.05) is 18.8 Å². The largest absolute Gasteiger partial charge is 0.480 e. The molecular formula is C12H22N4O6S. The summed E-state index contributed by atoms with van der Waals surface area (Å²) in [5.74, 6) is -2.87. The molecule has 0 aliphatic heterocycles. The molecule has 0 radical (unpaired) electrons. The lowest BCUT2D eigenvalue weighted by molar-refractivity contribution is -0.138. The molecule has 0 aromatic heterocycles. The normalized spacial score (nSPS) is 13.0. The van der Waals surface area contributed by atoms with Crippen LogP contribution in [0.2, 0.25) is 0 Å². The van der Waals surface area contributed by atoms with Crippen LogP contribution in [0.15, 0.2) is 0 Å². The summed E-state index contributed by atoms with van der Waals surface area (Å²) in [5.41, 5.74) is 5.24. The molecule has 7 N–H and O–H groups in total. The molecule has 0 heterocycles. The Hall–Kier alpha value is -2.01. The molecule has 0 aliphatic carbocycles. The number of nitrogens with one attached hydrogen (secondary N) is 3. The highest BCUT2D eigenvalue weighted by atomic mass is 32.2. The third-order valence-corrected chi connectivity index (χ3v) is 3.62. The van der Waals surface area contributed by atoms with Gasteiger partial charge in [0.2, 0.25) is 5.91 Å². The number of hydrogen-bond acceptors (Lipinski definition) is 6. The second-order valence-electron chi connectivity index (χ2n) is 4.85. The predicted octanol–water partition coefficient (Wildman–Crippen LogP) is -1.59. The minimum Gasteiger partial charge on any atom is -0.480 e. The van der Waals surface area contributed by atoms with Gasteiger partial charge in [0.05, 0.1) is 0 Å². The van der Waals surface area contributed by atoms with Gasteiger partial charge >= 0.3 is 18.0 Å². The number of nitrogens with two attached hydrogens (primary N) is 1. The number of aliphatic carboxylic acids is 2. The fourth-order valence-corrected chi connectivity index (χ4v) is 2.07. The summed E-state index contributed by atoms with van der Waals surface area (Å²) in [4.78, 5) is 44.6. The van der Waals surface area contributed by atoms with Gasteiger partial charge in [-0.15, -0.1) is 0 Å². The molecule has 2 unspecified atom stereocenters. The molecule has 0 bridgehead atoms. The van der Waals surface area contributed by atoms with E-state index in [0.717, 1.165) is 0 Å². The summed E-state index contributed by atoms with van der Waals surface area (Å²) in [6.45, 7) is 2.95. The van der Waals surface area contributed by atoms with Gasteiger partial charge in [0, 0.05) is 12.3 Å². The van der Waals surface area contributed by atoms with Crippen LogP contribution in [-0.2, 0) is 14.4 Å². The maximum Gasteiger partial charge on any atom is 0.322 e. The van der Waals surface area contributed by atoms with Crippen LogP contribution in [0.3, 0.4) is 0 Å². The van der Waals surface area contributed by atoms with E-state index < -0.39 is 42.5 Å². The lowest BCUT2D eigenvalue weighted by Crippen LogP contribution is -2.54. The third-order valence-electron chi connectivity index (χ3n) is 2.43. The maximum absolute atomic E-state index is 11.9. The molecule has 0 spiro atoms. The Morgan fingerprint density at radius 1 is 1.13 bits per heavy atom. The zero-order valence-corrected chi connectivity index (χ0v) is 13.7. The standard InChI is InChI=1S/C12H22N4O6S/c1-6(2)23-5-8(10(19)14-4-9(17)18)16-12(22)15-3-7(13)11(20)21/h6-8H,3-5,13H2,1-2H3,(H,14,19)(H,17,18)(H,20,21)(H2,15,16,22). The number of carbonyl (C=O) groups excluding carboxylic acids is 2. The molecule has 0 saturated carbocycles. The quantitative estimate of drug-likeness (QED) is 0.274. The zero-order valence-electron chi connectivity index (χ0n) is 12.9. The minimum absolute atomic E-state index is 0.204. The lowest BCUT2D eigenvalue weighted by Gasteiger charge is -2.19. The molecule has 23 heavy (non-hydrogen) atoms. The Labute approximate surface area is 137 Å². The van der Waals surface area contributed by atoms with Gasteiger partial charge in [-0.1, -0.05) is 13.8 Å². The molecule has 0 aromatic rings. The zero-order chi connectivity index (χ0) is 18.0. The van der Waals surface area contributed by atoms with E-state index in [9.17, 15) is 19.2 Å². The lowest BCUT2D eigenvalue weighted by atomic mass is 10.3. The summed E-state index contributed by atoms with van der Waals surface area (Å²) < 4.78 is 0. The van der Waals surface area contributed by atoms with Crippen molar-refractivity contribution in [3.05, 3.63) is 0 Å². The number of carboxylic acids is 2. The van der Waals surface area contributed by atoms with Gasteiger partial charge in [0.25, 0.3) is 0 Å². The molecule has 3 amide bonds. The van der Waals surface area contributed by atoms with Crippen molar-refractivity contribution in [3.63, 3.8) is 0 Å². The summed E-state index contributed by atoms with van der Waals surface area (Å²) in [5, 5.41) is 24.2. The Bertz CT molecular complexity index is 445. The fraction of sp³-hybridized carbons (Fsp3) is 0.667. The van der Waals surface area contributed by atoms with Crippen molar-refractivity contribution in [2.24, 2.45) is 5.73 Å². The Balaban J connectivity index is 4.54. The first-order valence-electron chi connectivity index (χ1n) is 6.77. The number of carbonyl (C=O) groups is 4. The van der Waals surface area contributed by atoms with Crippen molar-refractivity contribution >= 4 is 35.6 Å². The molecule has 0 rings (SSSR count). The monoisotopic (exact) mass is 350 g/mol. The van der Waals surface area contributed by atoms with E-state index in [1.54, 1.807) is 0 Å². The van der Waals surface area contributed by atoms with Crippen molar-refractivity contribution in [1.29, 1.82) is 0 Å². The number of thioether (sulfide) groups is 1. The highest BCUT2D eigenvalue weighted by Gasteiger charge is 2.22. The topological polar surface area (TPSA) is 171 Å². The van der Waals surface area contributed by atoms with Crippen LogP contribution in [0, 0.1) is 0 Å². The van der Waals surface area contributed by atoms with E-state index in [-0.39, 0.29) is 17.5 Å². The third kappa shape index (κ3) is 10.4. The second-order valence-corrected chi connectivity index (χ2v) is 6.45. The highest BCUT2D eigenvalue weighted by Crippen LogP contribution is 2.10. The number of carboxylic acid groups (broad SMARTS) is 2. The van der Waals surface area contributed by atoms with Gasteiger partial charge in [0.15, 0.2) is 0 Å². The summed E-state index contributed by atoms with van der Waals surface area (Å²) >= 11 is 1.40. The Morgan fingerprint density at radius 3 is 2.22 bits per heavy atom. The van der Waals surface area contributed by atoms with Crippen LogP contribution < -0.4 is 21.7 Å². The first kappa shape index (κ1) is 21.0. The molecule has 132 valence electrons. The molecule has 2 atom stereocenters. The van der Waals surface area contributed by atoms with Crippen molar-refractivity contribution < 1.29 is 29.4 Å². The van der Waals surface area contributed by atoms with E-state index >= 15 is 0 Å². The van der Waals surface area contributed by atoms with Crippen LogP contribution >= 0.6 is 11.8 Å². The number of hydrogen-bond donors (Lipinski definition) is 6. The fourth-order valence-electron chi connectivity index (χ4n) is 1.26. The SMILES string of the molecule is CC(C)SCC(NC(=O)NCC(N)C(=O)O)C(=O)NCC(=O)O. The van der Waals surface area contributed by atoms with Crippen LogP contribution in [0.1, 0.15) is 13.8 Å². The van der Waals surface area contributed by atoms with E-state index in [4.69, 9.17) is 15.9 Å². The average molecular weight is 350 g/mol. The first-order valence-corrected chi connectivity index (χ1v) is 7.82. The molecule has 11 heteroatoms. The molecule has 0 saturated heterocycles. The summed E-state index contributed by atoms with van der Waals surface area (Å²) in [7, 11) is 0. The molecule has 0 aliphatic rings. The predicted molar refractivity (Wildman–Crippen MR) is 84.2 cm³/mol. The van der Waals surface area contributed by atoms with Gasteiger partial charge < -0.3 is 31.9 Å². The smallest absolute Gasteiger partial charge is 0.322 e. The second kappa shape index (κ2) is 10.7. The highest BCUT2D eigenvalue weighted by molar-refractivity contribution is 7.99. The molecule has 0 fully saturated rings. The van der Waals surface area contributed by atoms with Crippen LogP contribution in [0.25, 0.3) is 0 Å². The molecular weight excluding hydrogens is 328 g/mol.